The fraction of sp³-hybridized carbons (Fsp3) is 0.357. The van der Waals surface area contributed by atoms with Gasteiger partial charge in [0.05, 0.1) is 0 Å². The van der Waals surface area contributed by atoms with E-state index < -0.39 is 0 Å². The van der Waals surface area contributed by atoms with Gasteiger partial charge in [0.1, 0.15) is 0 Å². The summed E-state index contributed by atoms with van der Waals surface area (Å²) in [7, 11) is 2.18. The van der Waals surface area contributed by atoms with Crippen molar-refractivity contribution in [1.29, 1.82) is 0 Å². The average Bonchev–Trinajstić information content (AvgIpc) is 2.70. The van der Waals surface area contributed by atoms with Gasteiger partial charge in [-0.1, -0.05) is 6.07 Å². The summed E-state index contributed by atoms with van der Waals surface area (Å²) in [5.74, 6) is 0. The molecule has 0 saturated carbocycles. The Bertz CT molecular complexity index is 521. The Balaban J connectivity index is 1.99. The Labute approximate surface area is 102 Å². The molecule has 1 fully saturated rings. The number of nitrogens with zero attached hydrogens (tertiary/aromatic N) is 2. The number of hydrogen-bond acceptors (Lipinski definition) is 2. The number of fused-ring (bicyclic) bond motifs is 1. The standard InChI is InChI=1S/C14H18N3/c1-11-10-12-13(15-11)4-3-5-14(12)17-8-6-16(2)7-9-17/h3-5,10,15H,1,6-9H2,2H3. The van der Waals surface area contributed by atoms with Crippen LogP contribution in [-0.2, 0) is 0 Å². The van der Waals surface area contributed by atoms with Crippen molar-refractivity contribution in [2.75, 3.05) is 38.1 Å². The average molecular weight is 228 g/mol. The largest absolute Gasteiger partial charge is 0.368 e. The van der Waals surface area contributed by atoms with Gasteiger partial charge in [-0.2, -0.15) is 0 Å². The van der Waals surface area contributed by atoms with Crippen LogP contribution in [0.5, 0.6) is 0 Å². The molecule has 1 aliphatic rings. The topological polar surface area (TPSA) is 22.3 Å². The molecule has 1 saturated heterocycles. The molecule has 1 N–H and O–H groups in total. The minimum absolute atomic E-state index is 0.988. The molecule has 1 aromatic carbocycles. The molecule has 0 bridgehead atoms. The second-order valence-corrected chi connectivity index (χ2v) is 4.82. The normalized spacial score (nSPS) is 17.9. The van der Waals surface area contributed by atoms with Gasteiger partial charge in [-0.15, -0.1) is 0 Å². The number of H-pyrrole nitrogens is 1. The zero-order chi connectivity index (χ0) is 11.8. The van der Waals surface area contributed by atoms with Crippen LogP contribution in [-0.4, -0.2) is 43.1 Å². The van der Waals surface area contributed by atoms with Crippen LogP contribution in [0.4, 0.5) is 5.69 Å². The lowest BCUT2D eigenvalue weighted by molar-refractivity contribution is 0.313. The first kappa shape index (κ1) is 10.7. The van der Waals surface area contributed by atoms with E-state index in [9.17, 15) is 0 Å². The van der Waals surface area contributed by atoms with E-state index in [1.807, 2.05) is 0 Å². The molecule has 17 heavy (non-hydrogen) atoms. The minimum atomic E-state index is 0.988. The molecule has 0 atom stereocenters. The number of likely N-dealkylation sites (N-methyl/N-ethyl adjacent to an activating group) is 1. The maximum Gasteiger partial charge on any atom is 0.0477 e. The number of benzene rings is 1. The highest BCUT2D eigenvalue weighted by atomic mass is 15.2. The van der Waals surface area contributed by atoms with E-state index >= 15 is 0 Å². The second kappa shape index (κ2) is 4.08. The van der Waals surface area contributed by atoms with Crippen molar-refractivity contribution < 1.29 is 0 Å². The summed E-state index contributed by atoms with van der Waals surface area (Å²) in [5.41, 5.74) is 3.51. The first-order valence-corrected chi connectivity index (χ1v) is 6.11. The second-order valence-electron chi connectivity index (χ2n) is 4.82. The van der Waals surface area contributed by atoms with Gasteiger partial charge in [-0.25, -0.2) is 0 Å². The van der Waals surface area contributed by atoms with Gasteiger partial charge >= 0.3 is 0 Å². The minimum Gasteiger partial charge on any atom is -0.368 e. The zero-order valence-corrected chi connectivity index (χ0v) is 10.2. The van der Waals surface area contributed by atoms with Crippen molar-refractivity contribution in [2.45, 2.75) is 0 Å². The summed E-state index contributed by atoms with van der Waals surface area (Å²) in [6.07, 6.45) is 0. The van der Waals surface area contributed by atoms with E-state index in [-0.39, 0.29) is 0 Å². The summed E-state index contributed by atoms with van der Waals surface area (Å²) in [6, 6.07) is 8.58. The molecule has 0 spiro atoms. The molecule has 0 aliphatic carbocycles. The third-order valence-electron chi connectivity index (χ3n) is 3.54. The molecule has 1 radical (unpaired) electrons. The highest BCUT2D eigenvalue weighted by molar-refractivity contribution is 5.93. The SMILES string of the molecule is [CH2]c1cc2c(N3CCN(C)CC3)cccc2[nH]1. The van der Waals surface area contributed by atoms with Crippen molar-refractivity contribution in [3.05, 3.63) is 36.9 Å². The Morgan fingerprint density at radius 1 is 1.18 bits per heavy atom. The van der Waals surface area contributed by atoms with Crippen LogP contribution in [0.1, 0.15) is 5.69 Å². The van der Waals surface area contributed by atoms with Crippen molar-refractivity contribution in [2.24, 2.45) is 0 Å². The maximum absolute atomic E-state index is 3.97. The van der Waals surface area contributed by atoms with E-state index in [0.717, 1.165) is 31.9 Å². The van der Waals surface area contributed by atoms with Crippen molar-refractivity contribution >= 4 is 16.6 Å². The molecule has 3 nitrogen and oxygen atoms in total. The molecule has 89 valence electrons. The van der Waals surface area contributed by atoms with Crippen LogP contribution < -0.4 is 4.90 Å². The number of nitrogens with one attached hydrogen (secondary N) is 1. The van der Waals surface area contributed by atoms with Gasteiger partial charge < -0.3 is 14.8 Å². The Hall–Kier alpha value is -1.48. The highest BCUT2D eigenvalue weighted by Gasteiger charge is 2.16. The summed E-state index contributed by atoms with van der Waals surface area (Å²) < 4.78 is 0. The van der Waals surface area contributed by atoms with Crippen LogP contribution in [0.25, 0.3) is 10.9 Å². The van der Waals surface area contributed by atoms with Crippen LogP contribution in [0.15, 0.2) is 24.3 Å². The van der Waals surface area contributed by atoms with Crippen molar-refractivity contribution in [3.63, 3.8) is 0 Å². The van der Waals surface area contributed by atoms with E-state index in [4.69, 9.17) is 0 Å². The fourth-order valence-corrected chi connectivity index (χ4v) is 2.52. The lowest BCUT2D eigenvalue weighted by Gasteiger charge is -2.34. The molecule has 3 rings (SSSR count). The van der Waals surface area contributed by atoms with Gasteiger partial charge in [0, 0.05) is 48.5 Å². The smallest absolute Gasteiger partial charge is 0.0477 e. The molecular formula is C14H18N3. The molecule has 0 amide bonds. The zero-order valence-electron chi connectivity index (χ0n) is 10.2. The van der Waals surface area contributed by atoms with Crippen molar-refractivity contribution in [1.82, 2.24) is 9.88 Å². The summed E-state index contributed by atoms with van der Waals surface area (Å²) >= 11 is 0. The Kier molecular flexibility index (Phi) is 2.56. The van der Waals surface area contributed by atoms with E-state index in [1.165, 1.54) is 16.6 Å². The number of aromatic nitrogens is 1. The van der Waals surface area contributed by atoms with Crippen LogP contribution in [0.2, 0.25) is 0 Å². The third kappa shape index (κ3) is 1.91. The Morgan fingerprint density at radius 3 is 2.71 bits per heavy atom. The molecule has 2 heterocycles. The predicted octanol–water partition coefficient (Wildman–Crippen LogP) is 2.10. The molecular weight excluding hydrogens is 210 g/mol. The fourth-order valence-electron chi connectivity index (χ4n) is 2.52. The lowest BCUT2D eigenvalue weighted by Crippen LogP contribution is -2.44. The molecule has 3 heteroatoms. The number of rotatable bonds is 1. The van der Waals surface area contributed by atoms with Crippen LogP contribution in [0.3, 0.4) is 0 Å². The number of piperazine rings is 1. The third-order valence-corrected chi connectivity index (χ3v) is 3.54. The first-order chi connectivity index (χ1) is 8.24. The van der Waals surface area contributed by atoms with E-state index in [2.05, 4.69) is 53.0 Å². The lowest BCUT2D eigenvalue weighted by atomic mass is 10.1. The Morgan fingerprint density at radius 2 is 1.94 bits per heavy atom. The number of anilines is 1. The summed E-state index contributed by atoms with van der Waals surface area (Å²) in [5, 5.41) is 1.29. The van der Waals surface area contributed by atoms with Gasteiger partial charge in [-0.05, 0) is 32.2 Å². The van der Waals surface area contributed by atoms with Crippen LogP contribution in [0, 0.1) is 6.92 Å². The molecule has 1 aliphatic heterocycles. The highest BCUT2D eigenvalue weighted by Crippen LogP contribution is 2.28. The predicted molar refractivity (Wildman–Crippen MR) is 72.5 cm³/mol. The van der Waals surface area contributed by atoms with Gasteiger partial charge in [0.2, 0.25) is 0 Å². The van der Waals surface area contributed by atoms with Crippen molar-refractivity contribution in [3.8, 4) is 0 Å². The summed E-state index contributed by atoms with van der Waals surface area (Å²) in [6.45, 7) is 8.46. The number of aromatic amines is 1. The monoisotopic (exact) mass is 228 g/mol. The van der Waals surface area contributed by atoms with Gasteiger partial charge in [-0.3, -0.25) is 0 Å². The van der Waals surface area contributed by atoms with Crippen LogP contribution >= 0.6 is 0 Å². The number of hydrogen-bond donors (Lipinski definition) is 1. The molecule has 2 aromatic rings. The maximum atomic E-state index is 3.97. The quantitative estimate of drug-likeness (QED) is 0.807. The van der Waals surface area contributed by atoms with Gasteiger partial charge in [0.25, 0.3) is 0 Å². The summed E-state index contributed by atoms with van der Waals surface area (Å²) in [4.78, 5) is 8.14. The van der Waals surface area contributed by atoms with E-state index in [0.29, 0.717) is 0 Å². The molecule has 0 unspecified atom stereocenters. The van der Waals surface area contributed by atoms with Gasteiger partial charge in [0.15, 0.2) is 0 Å². The first-order valence-electron chi connectivity index (χ1n) is 6.11. The molecule has 1 aromatic heterocycles. The van der Waals surface area contributed by atoms with E-state index in [1.54, 1.807) is 0 Å².